The van der Waals surface area contributed by atoms with Gasteiger partial charge in [-0.15, -0.1) is 5.10 Å². The van der Waals surface area contributed by atoms with Crippen molar-refractivity contribution in [1.29, 1.82) is 0 Å². The summed E-state index contributed by atoms with van der Waals surface area (Å²) in [6, 6.07) is 0. The van der Waals surface area contributed by atoms with E-state index in [1.807, 2.05) is 0 Å². The highest BCUT2D eigenvalue weighted by molar-refractivity contribution is 6.30. The number of halogens is 1. The third-order valence-corrected chi connectivity index (χ3v) is 2.93. The van der Waals surface area contributed by atoms with Crippen LogP contribution in [0.1, 0.15) is 5.82 Å². The van der Waals surface area contributed by atoms with Gasteiger partial charge in [0.1, 0.15) is 12.9 Å². The van der Waals surface area contributed by atoms with Gasteiger partial charge in [0.15, 0.2) is 17.1 Å². The molecule has 19 heavy (non-hydrogen) atoms. The largest absolute Gasteiger partial charge is 0.263 e. The molecule has 0 aliphatic carbocycles. The zero-order chi connectivity index (χ0) is 12.8. The third kappa shape index (κ3) is 1.65. The first kappa shape index (κ1) is 10.4. The number of aromatic amines is 1. The number of aromatic nitrogens is 8. The molecule has 0 bridgehead atoms. The maximum absolute atomic E-state index is 5.82. The van der Waals surface area contributed by atoms with Crippen LogP contribution in [-0.2, 0) is 6.54 Å². The predicted molar refractivity (Wildman–Crippen MR) is 66.8 cm³/mol. The predicted octanol–water partition coefficient (Wildman–Crippen LogP) is 0.899. The second-order valence-corrected chi connectivity index (χ2v) is 4.47. The summed E-state index contributed by atoms with van der Waals surface area (Å²) in [5.41, 5.74) is 1.40. The number of H-pyrrole nitrogens is 1. The molecule has 0 fully saturated rings. The Morgan fingerprint density at radius 2 is 2.26 bits per heavy atom. The molecule has 9 heteroatoms. The summed E-state index contributed by atoms with van der Waals surface area (Å²) >= 11 is 5.82. The molecular weight excluding hydrogens is 268 g/mol. The number of fused-ring (bicyclic) bond motifs is 3. The minimum absolute atomic E-state index is 0.452. The molecule has 1 N–H and O–H groups in total. The number of hydrogen-bond acceptors (Lipinski definition) is 5. The summed E-state index contributed by atoms with van der Waals surface area (Å²) in [6.07, 6.45) is 6.58. The quantitative estimate of drug-likeness (QED) is 0.586. The van der Waals surface area contributed by atoms with Gasteiger partial charge in [0.2, 0.25) is 0 Å². The summed E-state index contributed by atoms with van der Waals surface area (Å²) < 4.78 is 3.30. The Balaban J connectivity index is 1.82. The Hall–Kier alpha value is -2.48. The number of nitrogens with zero attached hydrogens (tertiary/aromatic N) is 7. The van der Waals surface area contributed by atoms with Gasteiger partial charge in [0.05, 0.1) is 22.8 Å². The standard InChI is InChI=1S/C10H7ClN8/c11-6-1-14-18(3-6)4-8-15-10-7-2-13-16-9(7)12-5-19(10)17-8/h1-3,5H,4H2,(H,13,16). The van der Waals surface area contributed by atoms with E-state index in [2.05, 4.69) is 30.4 Å². The summed E-state index contributed by atoms with van der Waals surface area (Å²) in [7, 11) is 0. The topological polar surface area (TPSA) is 89.6 Å². The van der Waals surface area contributed by atoms with Crippen LogP contribution in [0.25, 0.3) is 16.7 Å². The minimum atomic E-state index is 0.452. The van der Waals surface area contributed by atoms with Gasteiger partial charge >= 0.3 is 0 Å². The van der Waals surface area contributed by atoms with Crippen molar-refractivity contribution in [2.24, 2.45) is 0 Å². The van der Waals surface area contributed by atoms with E-state index in [0.29, 0.717) is 28.7 Å². The molecule has 4 aromatic heterocycles. The highest BCUT2D eigenvalue weighted by Crippen LogP contribution is 2.14. The molecular formula is C10H7ClN8. The fourth-order valence-corrected chi connectivity index (χ4v) is 2.08. The van der Waals surface area contributed by atoms with Gasteiger partial charge in [-0.3, -0.25) is 9.78 Å². The molecule has 0 radical (unpaired) electrons. The second kappa shape index (κ2) is 3.75. The van der Waals surface area contributed by atoms with Crippen LogP contribution in [0.3, 0.4) is 0 Å². The monoisotopic (exact) mass is 274 g/mol. The molecule has 94 valence electrons. The van der Waals surface area contributed by atoms with Crippen molar-refractivity contribution in [1.82, 2.24) is 39.6 Å². The number of hydrogen-bond donors (Lipinski definition) is 1. The Morgan fingerprint density at radius 1 is 1.32 bits per heavy atom. The lowest BCUT2D eigenvalue weighted by Gasteiger charge is -1.93. The van der Waals surface area contributed by atoms with Crippen LogP contribution in [0, 0.1) is 0 Å². The van der Waals surface area contributed by atoms with E-state index in [1.54, 1.807) is 34.1 Å². The minimum Gasteiger partial charge on any atom is -0.263 e. The van der Waals surface area contributed by atoms with Crippen molar-refractivity contribution < 1.29 is 0 Å². The van der Waals surface area contributed by atoms with Crippen LogP contribution < -0.4 is 0 Å². The van der Waals surface area contributed by atoms with E-state index in [1.165, 1.54) is 0 Å². The lowest BCUT2D eigenvalue weighted by molar-refractivity contribution is 0.653. The fourth-order valence-electron chi connectivity index (χ4n) is 1.92. The van der Waals surface area contributed by atoms with E-state index in [9.17, 15) is 0 Å². The fraction of sp³-hybridized carbons (Fsp3) is 0.100. The van der Waals surface area contributed by atoms with Gasteiger partial charge in [-0.1, -0.05) is 11.6 Å². The summed E-state index contributed by atoms with van der Waals surface area (Å²) in [6.45, 7) is 0.452. The van der Waals surface area contributed by atoms with Gasteiger partial charge in [0.25, 0.3) is 0 Å². The van der Waals surface area contributed by atoms with E-state index in [4.69, 9.17) is 11.6 Å². The molecule has 0 aromatic carbocycles. The molecule has 0 aliphatic rings. The first-order valence-electron chi connectivity index (χ1n) is 5.51. The number of rotatable bonds is 2. The Labute approximate surface area is 111 Å². The Bertz CT molecular complexity index is 872. The molecule has 0 saturated heterocycles. The molecule has 0 unspecified atom stereocenters. The van der Waals surface area contributed by atoms with Crippen molar-refractivity contribution in [2.45, 2.75) is 6.54 Å². The van der Waals surface area contributed by atoms with Crippen LogP contribution in [-0.4, -0.2) is 39.6 Å². The maximum atomic E-state index is 5.82. The van der Waals surface area contributed by atoms with Crippen molar-refractivity contribution in [3.8, 4) is 0 Å². The Kier molecular flexibility index (Phi) is 2.06. The van der Waals surface area contributed by atoms with Crippen molar-refractivity contribution in [3.63, 3.8) is 0 Å². The zero-order valence-electron chi connectivity index (χ0n) is 9.52. The van der Waals surface area contributed by atoms with Crippen molar-refractivity contribution >= 4 is 28.3 Å². The van der Waals surface area contributed by atoms with Crippen LogP contribution in [0.5, 0.6) is 0 Å². The summed E-state index contributed by atoms with van der Waals surface area (Å²) in [5.74, 6) is 0.635. The third-order valence-electron chi connectivity index (χ3n) is 2.74. The molecule has 0 amide bonds. The smallest absolute Gasteiger partial charge is 0.173 e. The molecule has 8 nitrogen and oxygen atoms in total. The van der Waals surface area contributed by atoms with Gasteiger partial charge in [-0.2, -0.15) is 10.2 Å². The van der Waals surface area contributed by atoms with Crippen molar-refractivity contribution in [3.05, 3.63) is 35.8 Å². The molecule has 4 heterocycles. The van der Waals surface area contributed by atoms with Crippen LogP contribution in [0.15, 0.2) is 24.9 Å². The zero-order valence-corrected chi connectivity index (χ0v) is 10.3. The average molecular weight is 275 g/mol. The molecule has 0 saturated carbocycles. The molecule has 4 aromatic rings. The molecule has 4 rings (SSSR count). The van der Waals surface area contributed by atoms with Crippen LogP contribution in [0.4, 0.5) is 0 Å². The van der Waals surface area contributed by atoms with Crippen LogP contribution >= 0.6 is 11.6 Å². The average Bonchev–Trinajstić information content (AvgIpc) is 3.07. The van der Waals surface area contributed by atoms with Gasteiger partial charge in [-0.25, -0.2) is 14.5 Å². The van der Waals surface area contributed by atoms with Crippen molar-refractivity contribution in [2.75, 3.05) is 0 Å². The molecule has 0 spiro atoms. The summed E-state index contributed by atoms with van der Waals surface area (Å²) in [5, 5.41) is 16.6. The first-order valence-corrected chi connectivity index (χ1v) is 5.89. The first-order chi connectivity index (χ1) is 9.29. The van der Waals surface area contributed by atoms with E-state index in [-0.39, 0.29) is 0 Å². The lowest BCUT2D eigenvalue weighted by Crippen LogP contribution is -2.01. The molecule has 0 atom stereocenters. The normalized spacial score (nSPS) is 11.6. The summed E-state index contributed by atoms with van der Waals surface area (Å²) in [4.78, 5) is 8.66. The van der Waals surface area contributed by atoms with Gasteiger partial charge < -0.3 is 0 Å². The van der Waals surface area contributed by atoms with E-state index < -0.39 is 0 Å². The van der Waals surface area contributed by atoms with Gasteiger partial charge in [0, 0.05) is 6.20 Å². The maximum Gasteiger partial charge on any atom is 0.173 e. The lowest BCUT2D eigenvalue weighted by atomic mass is 10.4. The highest BCUT2D eigenvalue weighted by atomic mass is 35.5. The van der Waals surface area contributed by atoms with E-state index in [0.717, 1.165) is 5.39 Å². The SMILES string of the molecule is Clc1cnn(Cc2nc3c4cn[nH]c4ncn3n2)c1. The van der Waals surface area contributed by atoms with E-state index >= 15 is 0 Å². The highest BCUT2D eigenvalue weighted by Gasteiger charge is 2.10. The molecule has 0 aliphatic heterocycles. The number of nitrogens with one attached hydrogen (secondary N) is 1. The second-order valence-electron chi connectivity index (χ2n) is 4.03. The van der Waals surface area contributed by atoms with Crippen LogP contribution in [0.2, 0.25) is 5.02 Å². The van der Waals surface area contributed by atoms with Gasteiger partial charge in [-0.05, 0) is 0 Å². The Morgan fingerprint density at radius 3 is 3.11 bits per heavy atom.